The van der Waals surface area contributed by atoms with Crippen molar-refractivity contribution in [3.63, 3.8) is 0 Å². The van der Waals surface area contributed by atoms with Gasteiger partial charge in [0.05, 0.1) is 18.2 Å². The molecule has 1 saturated heterocycles. The van der Waals surface area contributed by atoms with Crippen molar-refractivity contribution >= 4 is 6.09 Å². The van der Waals surface area contributed by atoms with Crippen LogP contribution < -0.4 is 0 Å². The number of aliphatic hydroxyl groups is 1. The summed E-state index contributed by atoms with van der Waals surface area (Å²) in [7, 11) is 0. The molecule has 4 nitrogen and oxygen atoms in total. The van der Waals surface area contributed by atoms with E-state index in [0.29, 0.717) is 12.1 Å². The summed E-state index contributed by atoms with van der Waals surface area (Å²) < 4.78 is 41.3. The Morgan fingerprint density at radius 2 is 1.83 bits per heavy atom. The van der Waals surface area contributed by atoms with Gasteiger partial charge < -0.3 is 10.2 Å². The second kappa shape index (κ2) is 5.70. The first-order chi connectivity index (χ1) is 10.5. The number of aliphatic hydroxyl groups excluding tert-OH is 1. The fraction of sp³-hybridized carbons (Fsp3) is 0.562. The molecular formula is C16H20F3NO3. The molecule has 0 radical (unpaired) electrons. The van der Waals surface area contributed by atoms with Crippen molar-refractivity contribution in [2.45, 2.75) is 45.2 Å². The van der Waals surface area contributed by atoms with Crippen LogP contribution in [-0.2, 0) is 0 Å². The lowest BCUT2D eigenvalue weighted by molar-refractivity contribution is -0.0257. The van der Waals surface area contributed by atoms with Crippen molar-refractivity contribution in [2.75, 3.05) is 6.61 Å². The molecule has 2 N–H and O–H groups in total. The average molecular weight is 331 g/mol. The molecule has 0 saturated carbocycles. The van der Waals surface area contributed by atoms with Crippen LogP contribution in [0.4, 0.5) is 18.0 Å². The fourth-order valence-corrected chi connectivity index (χ4v) is 3.51. The molecule has 1 aromatic carbocycles. The monoisotopic (exact) mass is 331 g/mol. The molecular weight excluding hydrogens is 311 g/mol. The van der Waals surface area contributed by atoms with Crippen LogP contribution in [0.5, 0.6) is 0 Å². The molecule has 1 amide bonds. The average Bonchev–Trinajstić information content (AvgIpc) is 2.77. The van der Waals surface area contributed by atoms with Crippen molar-refractivity contribution in [2.24, 2.45) is 5.41 Å². The van der Waals surface area contributed by atoms with E-state index in [2.05, 4.69) is 0 Å². The van der Waals surface area contributed by atoms with Crippen molar-refractivity contribution in [3.05, 3.63) is 35.1 Å². The maximum absolute atomic E-state index is 14.1. The third kappa shape index (κ3) is 2.67. The Labute approximate surface area is 132 Å². The van der Waals surface area contributed by atoms with Gasteiger partial charge in [0.2, 0.25) is 0 Å². The highest BCUT2D eigenvalue weighted by molar-refractivity contribution is 5.68. The van der Waals surface area contributed by atoms with E-state index in [1.807, 2.05) is 0 Å². The van der Waals surface area contributed by atoms with Gasteiger partial charge >= 0.3 is 6.09 Å². The van der Waals surface area contributed by atoms with Gasteiger partial charge in [0.1, 0.15) is 17.5 Å². The summed E-state index contributed by atoms with van der Waals surface area (Å²) in [5, 5.41) is 19.5. The van der Waals surface area contributed by atoms with Gasteiger partial charge in [-0.2, -0.15) is 0 Å². The molecule has 128 valence electrons. The highest BCUT2D eigenvalue weighted by Gasteiger charge is 2.56. The molecule has 1 heterocycles. The predicted octanol–water partition coefficient (Wildman–Crippen LogP) is 3.70. The molecule has 7 heteroatoms. The highest BCUT2D eigenvalue weighted by atomic mass is 19.1. The van der Waals surface area contributed by atoms with Crippen molar-refractivity contribution in [1.29, 1.82) is 0 Å². The number of benzene rings is 1. The summed E-state index contributed by atoms with van der Waals surface area (Å²) in [6, 6.07) is -0.0392. The number of rotatable bonds is 2. The number of halogens is 3. The number of carboxylic acid groups (broad SMARTS) is 1. The third-order valence-corrected chi connectivity index (χ3v) is 4.84. The van der Waals surface area contributed by atoms with Gasteiger partial charge in [-0.05, 0) is 18.3 Å². The Hall–Kier alpha value is -1.76. The van der Waals surface area contributed by atoms with Gasteiger partial charge in [0, 0.05) is 17.7 Å². The largest absolute Gasteiger partial charge is 0.465 e. The molecule has 1 aliphatic heterocycles. The van der Waals surface area contributed by atoms with Gasteiger partial charge in [-0.15, -0.1) is 0 Å². The summed E-state index contributed by atoms with van der Waals surface area (Å²) in [5.74, 6) is -3.31. The first-order valence-corrected chi connectivity index (χ1v) is 7.33. The number of likely N-dealkylation sites (tertiary alicyclic amines) is 1. The van der Waals surface area contributed by atoms with Crippen LogP contribution in [0.3, 0.4) is 0 Å². The van der Waals surface area contributed by atoms with E-state index in [1.54, 1.807) is 20.8 Å². The summed E-state index contributed by atoms with van der Waals surface area (Å²) in [6.07, 6.45) is -0.983. The first-order valence-electron chi connectivity index (χ1n) is 7.33. The van der Waals surface area contributed by atoms with E-state index in [-0.39, 0.29) is 12.8 Å². The SMILES string of the molecule is CC(C)(C)[C@@]1(CO)CC[C@@H](c2c(F)cc(F)cc2F)N1C(=O)O. The minimum atomic E-state index is -1.38. The van der Waals surface area contributed by atoms with E-state index < -0.39 is 52.7 Å². The van der Waals surface area contributed by atoms with Crippen molar-refractivity contribution in [3.8, 4) is 0 Å². The van der Waals surface area contributed by atoms with Gasteiger partial charge in [0.15, 0.2) is 0 Å². The lowest BCUT2D eigenvalue weighted by atomic mass is 9.72. The molecule has 1 fully saturated rings. The zero-order chi connectivity index (χ0) is 17.6. The van der Waals surface area contributed by atoms with E-state index in [1.165, 1.54) is 0 Å². The van der Waals surface area contributed by atoms with E-state index in [9.17, 15) is 28.2 Å². The third-order valence-electron chi connectivity index (χ3n) is 4.84. The molecule has 23 heavy (non-hydrogen) atoms. The molecule has 1 aromatic rings. The first kappa shape index (κ1) is 17.6. The summed E-state index contributed by atoms with van der Waals surface area (Å²) >= 11 is 0. The number of hydrogen-bond donors (Lipinski definition) is 2. The van der Waals surface area contributed by atoms with Gasteiger partial charge in [-0.25, -0.2) is 18.0 Å². The van der Waals surface area contributed by atoms with Gasteiger partial charge in [0.25, 0.3) is 0 Å². The topological polar surface area (TPSA) is 60.8 Å². The second-order valence-corrected chi connectivity index (χ2v) is 6.93. The molecule has 0 bridgehead atoms. The minimum Gasteiger partial charge on any atom is -0.465 e. The lowest BCUT2D eigenvalue weighted by Gasteiger charge is -2.47. The summed E-state index contributed by atoms with van der Waals surface area (Å²) in [6.45, 7) is 4.82. The Balaban J connectivity index is 2.60. The Kier molecular flexibility index (Phi) is 4.36. The van der Waals surface area contributed by atoms with E-state index in [0.717, 1.165) is 4.90 Å². The number of hydrogen-bond acceptors (Lipinski definition) is 2. The molecule has 2 rings (SSSR count). The minimum absolute atomic E-state index is 0.142. The standard InChI is InChI=1S/C16H20F3NO3/c1-15(2,3)16(8-21)5-4-12(20(16)14(22)23)13-10(18)6-9(17)7-11(13)19/h6-7,12,21H,4-5,8H2,1-3H3,(H,22,23)/t12-,16-/m0/s1. The van der Waals surface area contributed by atoms with Crippen LogP contribution in [0, 0.1) is 22.9 Å². The van der Waals surface area contributed by atoms with Gasteiger partial charge in [-0.3, -0.25) is 4.90 Å². The predicted molar refractivity (Wildman–Crippen MR) is 77.4 cm³/mol. The Bertz CT molecular complexity index is 606. The summed E-state index contributed by atoms with van der Waals surface area (Å²) in [4.78, 5) is 12.7. The maximum atomic E-state index is 14.1. The molecule has 1 aliphatic rings. The van der Waals surface area contributed by atoms with Crippen molar-refractivity contribution in [1.82, 2.24) is 4.90 Å². The van der Waals surface area contributed by atoms with Crippen LogP contribution in [0.1, 0.15) is 45.2 Å². The zero-order valence-corrected chi connectivity index (χ0v) is 13.2. The fourth-order valence-electron chi connectivity index (χ4n) is 3.51. The molecule has 0 aromatic heterocycles. The quantitative estimate of drug-likeness (QED) is 0.869. The highest BCUT2D eigenvalue weighted by Crippen LogP contribution is 2.51. The normalized spacial score (nSPS) is 25.0. The second-order valence-electron chi connectivity index (χ2n) is 6.93. The maximum Gasteiger partial charge on any atom is 0.408 e. The van der Waals surface area contributed by atoms with E-state index in [4.69, 9.17) is 0 Å². The number of amides is 1. The van der Waals surface area contributed by atoms with E-state index >= 15 is 0 Å². The van der Waals surface area contributed by atoms with Crippen LogP contribution in [-0.4, -0.2) is 33.4 Å². The number of carbonyl (C=O) groups is 1. The molecule has 2 atom stereocenters. The van der Waals surface area contributed by atoms with Crippen LogP contribution in [0.25, 0.3) is 0 Å². The molecule has 0 aliphatic carbocycles. The van der Waals surface area contributed by atoms with Gasteiger partial charge in [-0.1, -0.05) is 20.8 Å². The van der Waals surface area contributed by atoms with Crippen LogP contribution >= 0.6 is 0 Å². The molecule has 0 spiro atoms. The smallest absolute Gasteiger partial charge is 0.408 e. The van der Waals surface area contributed by atoms with Crippen LogP contribution in [0.2, 0.25) is 0 Å². The lowest BCUT2D eigenvalue weighted by Crippen LogP contribution is -2.58. The van der Waals surface area contributed by atoms with Crippen LogP contribution in [0.15, 0.2) is 12.1 Å². The Morgan fingerprint density at radius 3 is 2.22 bits per heavy atom. The summed E-state index contributed by atoms with van der Waals surface area (Å²) in [5.41, 5.74) is -2.30. The zero-order valence-electron chi connectivity index (χ0n) is 13.2. The Morgan fingerprint density at radius 1 is 1.30 bits per heavy atom. The van der Waals surface area contributed by atoms with Crippen molar-refractivity contribution < 1.29 is 28.2 Å². The number of nitrogens with zero attached hydrogens (tertiary/aromatic N) is 1. The molecule has 0 unspecified atom stereocenters.